The second-order valence-electron chi connectivity index (χ2n) is 8.56. The molecule has 2 N–H and O–H groups in total. The molecule has 2 aromatic carbocycles. The van der Waals surface area contributed by atoms with E-state index in [0.717, 1.165) is 17.7 Å². The Hall–Kier alpha value is -3.30. The molecule has 0 spiro atoms. The van der Waals surface area contributed by atoms with Gasteiger partial charge in [-0.15, -0.1) is 6.58 Å². The summed E-state index contributed by atoms with van der Waals surface area (Å²) in [5.74, 6) is -1.11. The highest BCUT2D eigenvalue weighted by Gasteiger charge is 2.21. The van der Waals surface area contributed by atoms with Gasteiger partial charge in [-0.2, -0.15) is 5.10 Å². The Morgan fingerprint density at radius 3 is 2.48 bits per heavy atom. The number of carbonyl (C=O) groups excluding carboxylic acids is 1. The van der Waals surface area contributed by atoms with Gasteiger partial charge in [0.1, 0.15) is 16.5 Å². The van der Waals surface area contributed by atoms with Crippen LogP contribution in [0.3, 0.4) is 0 Å². The number of hydrogen-bond acceptors (Lipinski definition) is 4. The largest absolute Gasteiger partial charge is 0.307 e. The minimum atomic E-state index is -4.13. The molecule has 0 radical (unpaired) electrons. The van der Waals surface area contributed by atoms with Crippen LogP contribution in [0.2, 0.25) is 0 Å². The first-order chi connectivity index (χ1) is 15.5. The van der Waals surface area contributed by atoms with Gasteiger partial charge >= 0.3 is 0 Å². The molecule has 0 bridgehead atoms. The number of hydrogen-bond donors (Lipinski definition) is 2. The maximum Gasteiger partial charge on any atom is 0.256 e. The van der Waals surface area contributed by atoms with Gasteiger partial charge in [0.25, 0.3) is 5.91 Å². The Bertz CT molecular complexity index is 1260. The van der Waals surface area contributed by atoms with Crippen molar-refractivity contribution in [1.29, 1.82) is 0 Å². The van der Waals surface area contributed by atoms with E-state index in [9.17, 15) is 17.6 Å². The molecule has 0 aliphatic heterocycles. The number of aromatic nitrogens is 2. The second-order valence-corrected chi connectivity index (χ2v) is 10.3. The van der Waals surface area contributed by atoms with Gasteiger partial charge in [0.05, 0.1) is 12.7 Å². The topological polar surface area (TPSA) is 93.1 Å². The van der Waals surface area contributed by atoms with Crippen molar-refractivity contribution in [3.05, 3.63) is 89.9 Å². The number of anilines is 1. The Balaban J connectivity index is 1.78. The molecule has 0 saturated carbocycles. The van der Waals surface area contributed by atoms with Crippen molar-refractivity contribution in [2.24, 2.45) is 0 Å². The highest BCUT2D eigenvalue weighted by Crippen LogP contribution is 2.23. The molecular formula is C24H27FN4O3S. The Labute approximate surface area is 193 Å². The first kappa shape index (κ1) is 24.3. The van der Waals surface area contributed by atoms with Gasteiger partial charge in [0, 0.05) is 18.2 Å². The zero-order valence-electron chi connectivity index (χ0n) is 18.8. The highest BCUT2D eigenvalue weighted by atomic mass is 32.2. The number of rotatable bonds is 8. The van der Waals surface area contributed by atoms with Crippen molar-refractivity contribution in [3.8, 4) is 0 Å². The van der Waals surface area contributed by atoms with E-state index in [1.807, 2.05) is 12.1 Å². The summed E-state index contributed by atoms with van der Waals surface area (Å²) in [4.78, 5) is 12.2. The molecule has 9 heteroatoms. The predicted octanol–water partition coefficient (Wildman–Crippen LogP) is 4.08. The average molecular weight is 471 g/mol. The first-order valence-electron chi connectivity index (χ1n) is 10.3. The number of nitrogens with one attached hydrogen (secondary N) is 2. The average Bonchev–Trinajstić information content (AvgIpc) is 3.18. The van der Waals surface area contributed by atoms with Gasteiger partial charge < -0.3 is 5.32 Å². The van der Waals surface area contributed by atoms with E-state index in [-0.39, 0.29) is 17.5 Å². The van der Waals surface area contributed by atoms with Crippen LogP contribution in [-0.2, 0) is 22.0 Å². The highest BCUT2D eigenvalue weighted by molar-refractivity contribution is 7.89. The number of amides is 1. The van der Waals surface area contributed by atoms with Crippen LogP contribution in [0.15, 0.2) is 72.3 Å². The molecule has 0 aliphatic carbocycles. The Morgan fingerprint density at radius 1 is 1.15 bits per heavy atom. The van der Waals surface area contributed by atoms with E-state index in [1.165, 1.54) is 17.7 Å². The van der Waals surface area contributed by atoms with Crippen molar-refractivity contribution in [2.75, 3.05) is 11.9 Å². The molecule has 7 nitrogen and oxygen atoms in total. The minimum Gasteiger partial charge on any atom is -0.307 e. The van der Waals surface area contributed by atoms with Crippen LogP contribution in [-0.4, -0.2) is 30.7 Å². The van der Waals surface area contributed by atoms with Crippen LogP contribution in [0.1, 0.15) is 42.3 Å². The normalized spacial score (nSPS) is 11.9. The molecular weight excluding hydrogens is 443 g/mol. The number of benzene rings is 2. The molecule has 1 aromatic heterocycles. The summed E-state index contributed by atoms with van der Waals surface area (Å²) in [6, 6.07) is 13.0. The third kappa shape index (κ3) is 5.94. The summed E-state index contributed by atoms with van der Waals surface area (Å²) in [5.41, 5.74) is 2.26. The fourth-order valence-corrected chi connectivity index (χ4v) is 4.23. The molecule has 33 heavy (non-hydrogen) atoms. The van der Waals surface area contributed by atoms with Gasteiger partial charge in [-0.05, 0) is 34.7 Å². The molecule has 1 heterocycles. The smallest absolute Gasteiger partial charge is 0.256 e. The fraction of sp³-hybridized carbons (Fsp3) is 0.250. The lowest BCUT2D eigenvalue weighted by Crippen LogP contribution is -2.25. The minimum absolute atomic E-state index is 0.00217. The number of carbonyl (C=O) groups is 1. The molecule has 0 atom stereocenters. The number of halogens is 1. The van der Waals surface area contributed by atoms with Crippen LogP contribution in [0, 0.1) is 5.82 Å². The summed E-state index contributed by atoms with van der Waals surface area (Å²) >= 11 is 0. The summed E-state index contributed by atoms with van der Waals surface area (Å²) in [6.07, 6.45) is 2.89. The SMILES string of the molecule is C=CCNS(=O)(=O)c1cc(C(=O)Nc2ccnn2Cc2ccc(C(C)(C)C)cc2)ccc1F. The summed E-state index contributed by atoms with van der Waals surface area (Å²) in [5, 5.41) is 6.97. The van der Waals surface area contributed by atoms with E-state index in [4.69, 9.17) is 0 Å². The maximum atomic E-state index is 14.2. The van der Waals surface area contributed by atoms with Gasteiger partial charge in [-0.1, -0.05) is 51.1 Å². The summed E-state index contributed by atoms with van der Waals surface area (Å²) < 4.78 is 42.6. The quantitative estimate of drug-likeness (QED) is 0.485. The maximum absolute atomic E-state index is 14.2. The number of nitrogens with zero attached hydrogens (tertiary/aromatic N) is 2. The predicted molar refractivity (Wildman–Crippen MR) is 126 cm³/mol. The van der Waals surface area contributed by atoms with Crippen LogP contribution in [0.5, 0.6) is 0 Å². The molecule has 0 aliphatic rings. The van der Waals surface area contributed by atoms with Crippen molar-refractivity contribution < 1.29 is 17.6 Å². The molecule has 174 valence electrons. The van der Waals surface area contributed by atoms with E-state index < -0.39 is 26.6 Å². The van der Waals surface area contributed by atoms with Crippen LogP contribution >= 0.6 is 0 Å². The van der Waals surface area contributed by atoms with Crippen molar-refractivity contribution in [3.63, 3.8) is 0 Å². The lowest BCUT2D eigenvalue weighted by Gasteiger charge is -2.19. The van der Waals surface area contributed by atoms with Crippen LogP contribution < -0.4 is 10.0 Å². The molecule has 3 aromatic rings. The van der Waals surface area contributed by atoms with Crippen LogP contribution in [0.4, 0.5) is 10.2 Å². The van der Waals surface area contributed by atoms with Crippen molar-refractivity contribution >= 4 is 21.7 Å². The molecule has 1 amide bonds. The lowest BCUT2D eigenvalue weighted by molar-refractivity contribution is 0.102. The second kappa shape index (κ2) is 9.68. The standard InChI is InChI=1S/C24H27FN4O3S/c1-5-13-27-33(31,32)21-15-18(8-11-20(21)25)23(30)28-22-12-14-26-29(22)16-17-6-9-19(10-7-17)24(2,3)4/h5-12,14-15,27H,1,13,16H2,2-4H3,(H,28,30). The van der Waals surface area contributed by atoms with Gasteiger partial charge in [0.2, 0.25) is 10.0 Å². The molecule has 0 unspecified atom stereocenters. The number of sulfonamides is 1. The van der Waals surface area contributed by atoms with E-state index in [2.05, 4.69) is 54.6 Å². The summed E-state index contributed by atoms with van der Waals surface area (Å²) in [6.45, 7) is 10.2. The molecule has 0 fully saturated rings. The lowest BCUT2D eigenvalue weighted by atomic mass is 9.87. The fourth-order valence-electron chi connectivity index (χ4n) is 3.13. The molecule has 3 rings (SSSR count). The van der Waals surface area contributed by atoms with E-state index in [1.54, 1.807) is 16.9 Å². The zero-order chi connectivity index (χ0) is 24.2. The van der Waals surface area contributed by atoms with Crippen molar-refractivity contribution in [2.45, 2.75) is 37.6 Å². The van der Waals surface area contributed by atoms with Gasteiger partial charge in [-0.25, -0.2) is 22.2 Å². The first-order valence-corrected chi connectivity index (χ1v) is 11.8. The third-order valence-electron chi connectivity index (χ3n) is 5.01. The van der Waals surface area contributed by atoms with Gasteiger partial charge in [0.15, 0.2) is 0 Å². The third-order valence-corrected chi connectivity index (χ3v) is 6.45. The Kier molecular flexibility index (Phi) is 7.14. The zero-order valence-corrected chi connectivity index (χ0v) is 19.6. The van der Waals surface area contributed by atoms with Crippen molar-refractivity contribution in [1.82, 2.24) is 14.5 Å². The summed E-state index contributed by atoms with van der Waals surface area (Å²) in [7, 11) is -4.13. The van der Waals surface area contributed by atoms with E-state index in [0.29, 0.717) is 12.4 Å². The Morgan fingerprint density at radius 2 is 1.85 bits per heavy atom. The van der Waals surface area contributed by atoms with Gasteiger partial charge in [-0.3, -0.25) is 4.79 Å². The molecule has 0 saturated heterocycles. The van der Waals surface area contributed by atoms with Crippen LogP contribution in [0.25, 0.3) is 0 Å². The monoisotopic (exact) mass is 470 g/mol. The van der Waals surface area contributed by atoms with E-state index >= 15 is 0 Å².